The fraction of sp³-hybridized carbons (Fsp3) is 0.396. The van der Waals surface area contributed by atoms with Crippen molar-refractivity contribution in [3.05, 3.63) is 296 Å². The molecule has 27 nitrogen and oxygen atoms in total. The van der Waals surface area contributed by atoms with Gasteiger partial charge in [0, 0.05) is 105 Å². The third kappa shape index (κ3) is 32.4. The number of anilines is 4. The molecule has 764 valence electrons. The summed E-state index contributed by atoms with van der Waals surface area (Å²) in [7, 11) is -4.12. The Kier molecular flexibility index (Phi) is 47.9. The molecule has 0 bridgehead atoms. The van der Waals surface area contributed by atoms with E-state index in [-0.39, 0.29) is 149 Å². The Morgan fingerprint density at radius 3 is 1.02 bits per heavy atom. The zero-order valence-electron chi connectivity index (χ0n) is 78.5. The summed E-state index contributed by atoms with van der Waals surface area (Å²) >= 11 is 53.7. The van der Waals surface area contributed by atoms with Gasteiger partial charge in [0.15, 0.2) is 5.78 Å². The Bertz CT molecular complexity index is 6210. The third-order valence-corrected chi connectivity index (χ3v) is 32.0. The molecule has 12 aromatic rings. The number of aliphatic hydroxyl groups is 6. The quantitative estimate of drug-likeness (QED) is 0.0118. The number of rotatable bonds is 29. The second-order valence-corrected chi connectivity index (χ2v) is 44.6. The van der Waals surface area contributed by atoms with Crippen molar-refractivity contribution in [2.45, 2.75) is 195 Å². The van der Waals surface area contributed by atoms with Gasteiger partial charge >= 0.3 is 33.4 Å². The van der Waals surface area contributed by atoms with E-state index in [1.54, 1.807) is 125 Å². The summed E-state index contributed by atoms with van der Waals surface area (Å²) < 4.78 is 28.0. The molecule has 3 unspecified atom stereocenters. The molecule has 4 fully saturated rings. The SMILES string of the molecule is C.C.CC(O)(c1cccc(Cl)c1)c1cc(C(=O)c2cncnc2N[C@@H]2C[C@H](COS(N)(=O)=O)[C@@H](O)C2)sc1Cl.CCO.CC[C@H]1C[C@@H](Nc2ncncc2C(=O)c2cc(C(C)(O)c3cccc(Cl)c3)c(Cl)s2)C[C@@H]1C.CC[C@H]1C[C@@H](Nc2ncncc2C(=O)c2cc(C(C)=O)c(Cl)s2)C[C@@H]1C.C[C@H]1C[C@H](Nc2ncncc2C(=O)c2cc(C(C)(O)c3cccc(Cl)c3)c(Cl)s2)C[C@@H]1CO.Clc1c[c-]ccc1.[Br-].[Mg+2]. The average Bonchev–Trinajstić information content (AvgIpc) is 1.63. The third-order valence-electron chi connectivity index (χ3n) is 25.1. The number of carbonyl (C=O) groups is 5. The Morgan fingerprint density at radius 1 is 0.455 bits per heavy atom. The van der Waals surface area contributed by atoms with E-state index in [0.29, 0.717) is 158 Å². The molecule has 0 saturated heterocycles. The van der Waals surface area contributed by atoms with Crippen molar-refractivity contribution >= 4 is 224 Å². The van der Waals surface area contributed by atoms with Gasteiger partial charge in [0.05, 0.1) is 67.5 Å². The van der Waals surface area contributed by atoms with Crippen molar-refractivity contribution in [1.82, 2.24) is 39.9 Å². The van der Waals surface area contributed by atoms with Crippen LogP contribution in [0.2, 0.25) is 37.4 Å². The van der Waals surface area contributed by atoms with Crippen LogP contribution < -0.4 is 43.4 Å². The first-order chi connectivity index (χ1) is 66.0. The number of benzene rings is 4. The summed E-state index contributed by atoms with van der Waals surface area (Å²) in [6.07, 6.45) is 19.6. The number of nitrogens with zero attached hydrogens (tertiary/aromatic N) is 8. The summed E-state index contributed by atoms with van der Waals surface area (Å²) in [5, 5.41) is 81.7. The van der Waals surface area contributed by atoms with Gasteiger partial charge in [-0.05, 0) is 199 Å². The summed E-state index contributed by atoms with van der Waals surface area (Å²) in [4.78, 5) is 99.6. The molecule has 4 aromatic carbocycles. The molecule has 8 aromatic heterocycles. The van der Waals surface area contributed by atoms with E-state index in [1.165, 1.54) is 63.1 Å². The monoisotopic (exact) mass is 2280 g/mol. The Balaban J connectivity index is 0.000000249. The number of hydrogen-bond donors (Lipinski definition) is 11. The van der Waals surface area contributed by atoms with Crippen LogP contribution in [0.1, 0.15) is 253 Å². The van der Waals surface area contributed by atoms with Crippen LogP contribution in [0.25, 0.3) is 0 Å². The molecule has 143 heavy (non-hydrogen) atoms. The van der Waals surface area contributed by atoms with Gasteiger partial charge in [-0.25, -0.2) is 45.0 Å². The van der Waals surface area contributed by atoms with Crippen LogP contribution >= 0.6 is 138 Å². The zero-order chi connectivity index (χ0) is 101. The van der Waals surface area contributed by atoms with Crippen LogP contribution in [0.3, 0.4) is 0 Å². The topological polar surface area (TPSA) is 427 Å². The molecule has 0 amide bonds. The first-order valence-electron chi connectivity index (χ1n) is 44.8. The molecule has 8 heterocycles. The fourth-order valence-electron chi connectivity index (χ4n) is 17.5. The maximum Gasteiger partial charge on any atom is 2.00 e. The predicted octanol–water partition coefficient (Wildman–Crippen LogP) is 19.7. The van der Waals surface area contributed by atoms with Crippen LogP contribution in [0.4, 0.5) is 23.3 Å². The number of nitrogens with one attached hydrogen (secondary N) is 4. The van der Waals surface area contributed by atoms with E-state index in [2.05, 4.69) is 106 Å². The zero-order valence-corrected chi connectivity index (χ0v) is 91.7. The van der Waals surface area contributed by atoms with Gasteiger partial charge in [0.1, 0.15) is 69.7 Å². The molecule has 42 heteroatoms. The normalized spacial score (nSPS) is 20.4. The van der Waals surface area contributed by atoms with Crippen molar-refractivity contribution in [3.63, 3.8) is 0 Å². The number of thiophene rings is 4. The van der Waals surface area contributed by atoms with Gasteiger partial charge in [-0.15, -0.1) is 45.3 Å². The number of nitrogens with two attached hydrogens (primary N) is 1. The molecule has 0 aliphatic heterocycles. The molecule has 12 N–H and O–H groups in total. The smallest absolute Gasteiger partial charge is 1.00 e. The molecule has 4 aliphatic carbocycles. The number of carbonyl (C=O) groups excluding carboxylic acids is 5. The molecular weight excluding hydrogens is 2170 g/mol. The van der Waals surface area contributed by atoms with Crippen LogP contribution in [0.5, 0.6) is 0 Å². The Morgan fingerprint density at radius 2 is 0.755 bits per heavy atom. The molecule has 0 radical (unpaired) electrons. The van der Waals surface area contributed by atoms with Gasteiger partial charge in [-0.1, -0.05) is 185 Å². The predicted molar refractivity (Wildman–Crippen MR) is 573 cm³/mol. The Labute approximate surface area is 917 Å². The Hall–Kier alpha value is -7.25. The van der Waals surface area contributed by atoms with E-state index in [4.69, 9.17) is 103 Å². The molecule has 4 saturated carbocycles. The second-order valence-electron chi connectivity index (χ2n) is 35.1. The van der Waals surface area contributed by atoms with E-state index in [9.17, 15) is 57.9 Å². The maximum absolute atomic E-state index is 13.4. The molecule has 4 aliphatic rings. The minimum Gasteiger partial charge on any atom is -1.00 e. The average molecular weight is 2280 g/mol. The maximum atomic E-state index is 13.4. The van der Waals surface area contributed by atoms with Crippen LogP contribution in [-0.2, 0) is 31.3 Å². The minimum atomic E-state index is -4.12. The first kappa shape index (κ1) is 123. The number of ketones is 5. The van der Waals surface area contributed by atoms with Crippen molar-refractivity contribution in [3.8, 4) is 0 Å². The molecule has 16 rings (SSSR count). The van der Waals surface area contributed by atoms with Crippen molar-refractivity contribution in [2.75, 3.05) is 41.1 Å². The summed E-state index contributed by atoms with van der Waals surface area (Å²) in [5.41, 5.74) is 0.308. The van der Waals surface area contributed by atoms with E-state index in [0.717, 1.165) is 102 Å². The van der Waals surface area contributed by atoms with Gasteiger partial charge < -0.3 is 68.9 Å². The van der Waals surface area contributed by atoms with Crippen molar-refractivity contribution < 1.29 is 84.2 Å². The second kappa shape index (κ2) is 55.8. The molecule has 15 atom stereocenters. The van der Waals surface area contributed by atoms with Gasteiger partial charge in [0.2, 0.25) is 23.1 Å². The summed E-state index contributed by atoms with van der Waals surface area (Å²) in [6, 6.07) is 37.4. The van der Waals surface area contributed by atoms with Crippen LogP contribution in [0, 0.1) is 47.5 Å². The number of hydrogen-bond acceptors (Lipinski definition) is 30. The largest absolute Gasteiger partial charge is 2.00 e. The fourth-order valence-corrected chi connectivity index (χ4v) is 24.1. The van der Waals surface area contributed by atoms with E-state index in [1.807, 2.05) is 18.2 Å². The summed E-state index contributed by atoms with van der Waals surface area (Å²) in [6.45, 7) is 19.2. The van der Waals surface area contributed by atoms with Crippen molar-refractivity contribution in [2.24, 2.45) is 46.6 Å². The standard InChI is InChI=1S/C25H27Cl2N3O2S.C24H25Cl2N3O3S.C23H24Cl2N4O6S2.C19H22ClN3O2S.C6H4Cl.C2H6O.2CH4.BrH.Mg/c1-4-15-9-18(8-14(15)2)30-24-19(12-28-13-29-24)22(31)21-11-20(23(27)33-21)25(3,32)16-6-5-7-17(26)10-16;1-13-6-17(7-14(13)11-30)29-23-18(10-27-12-28-23)21(31)20-9-19(22(26)33-20)24(2,32)15-4-3-5-16(25)8-15;1-23(32,13-3-2-4-14(24)6-13)17-8-19(36-21(17)25)20(31)16-9-27-11-28-22(16)29-15-5-12(18(30)7-15)10-35-37(26,33)34;1-4-12-6-13(5-10(12)2)23-19-15(8-21-9-22-19)17(25)16-7-14(11(3)24)18(20)26-16;7-6-4-2-1-3-5-6;1-2-3;;;;/h5-7,10-15,18,32H,4,8-9H2,1-3H3,(H,28,29,30);3-5,8-10,12-14,17,30,32H,6-7,11H2,1-2H3,(H,27,28,29);2-4,6,8-9,11-12,15,18,30,32H,5,7,10H2,1H3,(H2,26,33,34)(H,27,28,29);7-10,12-13H,4-6H2,1-3H3,(H,21,22,23);1-2,4-5H;3H,2H2,1H3;2*1H4;1H;/q;;;;-1;;;;;+2/p-1/t14-,15-,18-,25?;13-,14+,17-,24?;12-,15-,18+,23?;10-,12-,13-;;;;;;/m0010....../s1. The van der Waals surface area contributed by atoms with E-state index < -0.39 is 44.9 Å². The van der Waals surface area contributed by atoms with Crippen molar-refractivity contribution in [1.29, 1.82) is 0 Å². The number of Topliss-reactive ketones (excluding diaryl/α,β-unsaturated/α-hetero) is 1. The number of aliphatic hydroxyl groups excluding tert-OH is 3. The van der Waals surface area contributed by atoms with Gasteiger partial charge in [-0.3, -0.25) is 28.2 Å². The minimum absolute atomic E-state index is 0. The van der Waals surface area contributed by atoms with Crippen LogP contribution in [-0.4, -0.2) is 181 Å². The first-order valence-corrected chi connectivity index (χ1v) is 52.5. The number of halogens is 9. The molecular formula is C101H116BrCl8MgN13O14S5. The number of aromatic nitrogens is 8. The summed E-state index contributed by atoms with van der Waals surface area (Å²) in [5.74, 6) is 3.34. The van der Waals surface area contributed by atoms with Gasteiger partial charge in [-0.2, -0.15) is 50.4 Å². The molecule has 0 spiro atoms. The van der Waals surface area contributed by atoms with E-state index >= 15 is 0 Å². The van der Waals surface area contributed by atoms with Crippen LogP contribution in [0.15, 0.2) is 171 Å². The van der Waals surface area contributed by atoms with Gasteiger partial charge in [0.25, 0.3) is 0 Å².